The summed E-state index contributed by atoms with van der Waals surface area (Å²) in [5.74, 6) is 1.52. The van der Waals surface area contributed by atoms with Crippen LogP contribution in [0.25, 0.3) is 0 Å². The largest absolute Gasteiger partial charge is 0.490 e. The van der Waals surface area contributed by atoms with Crippen LogP contribution < -0.4 is 14.8 Å². The summed E-state index contributed by atoms with van der Waals surface area (Å²) in [6, 6.07) is 6.13. The van der Waals surface area contributed by atoms with Gasteiger partial charge in [-0.2, -0.15) is 0 Å². The van der Waals surface area contributed by atoms with Crippen LogP contribution in [0, 0.1) is 0 Å². The average Bonchev–Trinajstić information content (AvgIpc) is 2.99. The molecule has 3 rings (SSSR count). The molecule has 7 nitrogen and oxygen atoms in total. The number of carbonyl (C=O) groups is 2. The number of likely N-dealkylation sites (N-methyl/N-ethyl adjacent to an activating group) is 1. The third-order valence-electron chi connectivity index (χ3n) is 5.00. The second-order valence-corrected chi connectivity index (χ2v) is 7.90. The fourth-order valence-corrected chi connectivity index (χ4v) is 3.79. The molecule has 1 saturated heterocycles. The molecule has 0 aromatic heterocycles. The Morgan fingerprint density at radius 2 is 1.93 bits per heavy atom. The zero-order valence-corrected chi connectivity index (χ0v) is 17.1. The fourth-order valence-electron chi connectivity index (χ4n) is 3.79. The van der Waals surface area contributed by atoms with Gasteiger partial charge in [0.05, 0.1) is 32.3 Å². The molecule has 0 unspecified atom stereocenters. The number of likely N-dealkylation sites (tertiary alicyclic amines) is 1. The first-order chi connectivity index (χ1) is 13.4. The van der Waals surface area contributed by atoms with Gasteiger partial charge in [-0.1, -0.05) is 6.07 Å². The first-order valence-corrected chi connectivity index (χ1v) is 10.1. The van der Waals surface area contributed by atoms with E-state index in [2.05, 4.69) is 5.32 Å². The summed E-state index contributed by atoms with van der Waals surface area (Å²) in [4.78, 5) is 28.5. The van der Waals surface area contributed by atoms with Crippen LogP contribution in [-0.4, -0.2) is 67.6 Å². The molecule has 0 saturated carbocycles. The molecule has 1 aromatic carbocycles. The van der Waals surface area contributed by atoms with Crippen molar-refractivity contribution in [1.82, 2.24) is 15.1 Å². The maximum Gasteiger partial charge on any atom is 0.237 e. The van der Waals surface area contributed by atoms with Gasteiger partial charge in [0.1, 0.15) is 0 Å². The van der Waals surface area contributed by atoms with E-state index >= 15 is 0 Å². The van der Waals surface area contributed by atoms with Crippen molar-refractivity contribution in [2.45, 2.75) is 45.2 Å². The molecule has 2 aliphatic heterocycles. The smallest absolute Gasteiger partial charge is 0.237 e. The van der Waals surface area contributed by atoms with Crippen molar-refractivity contribution < 1.29 is 19.1 Å². The van der Waals surface area contributed by atoms with E-state index in [4.69, 9.17) is 9.47 Å². The summed E-state index contributed by atoms with van der Waals surface area (Å²) in [5, 5.41) is 2.85. The lowest BCUT2D eigenvalue weighted by atomic mass is 10.0. The number of carbonyl (C=O) groups excluding carboxylic acids is 2. The van der Waals surface area contributed by atoms with Gasteiger partial charge >= 0.3 is 0 Å². The second kappa shape index (κ2) is 9.28. The number of rotatable bonds is 6. The standard InChI is InChI=1S/C21H31N3O4/c1-15(2)22-20(25)13-23(3)14-21(26)24-9-4-6-17(24)16-7-8-18-19(12-16)28-11-5-10-27-18/h7-8,12,15,17H,4-6,9-11,13-14H2,1-3H3,(H,22,25)/t17-/m1/s1. The van der Waals surface area contributed by atoms with Gasteiger partial charge in [0.25, 0.3) is 0 Å². The number of hydrogen-bond acceptors (Lipinski definition) is 5. The molecule has 1 fully saturated rings. The Morgan fingerprint density at radius 1 is 1.18 bits per heavy atom. The van der Waals surface area contributed by atoms with Gasteiger partial charge in [0, 0.05) is 19.0 Å². The van der Waals surface area contributed by atoms with Crippen LogP contribution in [-0.2, 0) is 9.59 Å². The zero-order chi connectivity index (χ0) is 20.1. The van der Waals surface area contributed by atoms with Gasteiger partial charge in [-0.25, -0.2) is 0 Å². The number of fused-ring (bicyclic) bond motifs is 1. The fraction of sp³-hybridized carbons (Fsp3) is 0.619. The number of nitrogens with one attached hydrogen (secondary N) is 1. The molecule has 1 atom stereocenters. The highest BCUT2D eigenvalue weighted by atomic mass is 16.5. The van der Waals surface area contributed by atoms with Gasteiger partial charge in [0.2, 0.25) is 11.8 Å². The van der Waals surface area contributed by atoms with Crippen LogP contribution >= 0.6 is 0 Å². The molecule has 0 radical (unpaired) electrons. The highest BCUT2D eigenvalue weighted by Crippen LogP contribution is 2.37. The van der Waals surface area contributed by atoms with E-state index in [-0.39, 0.29) is 37.0 Å². The van der Waals surface area contributed by atoms with Gasteiger partial charge in [-0.15, -0.1) is 0 Å². The van der Waals surface area contributed by atoms with Crippen LogP contribution in [0.3, 0.4) is 0 Å². The second-order valence-electron chi connectivity index (χ2n) is 7.90. The third-order valence-corrected chi connectivity index (χ3v) is 5.00. The van der Waals surface area contributed by atoms with E-state index in [9.17, 15) is 9.59 Å². The minimum Gasteiger partial charge on any atom is -0.490 e. The van der Waals surface area contributed by atoms with Crippen molar-refractivity contribution in [3.8, 4) is 11.5 Å². The number of hydrogen-bond donors (Lipinski definition) is 1. The maximum atomic E-state index is 12.9. The Labute approximate surface area is 167 Å². The molecule has 0 spiro atoms. The van der Waals surface area contributed by atoms with E-state index in [0.717, 1.165) is 42.9 Å². The third kappa shape index (κ3) is 5.16. The molecule has 2 heterocycles. The summed E-state index contributed by atoms with van der Waals surface area (Å²) in [6.45, 7) is 6.34. The van der Waals surface area contributed by atoms with Crippen LogP contribution in [0.5, 0.6) is 11.5 Å². The van der Waals surface area contributed by atoms with Crippen LogP contribution in [0.4, 0.5) is 0 Å². The zero-order valence-electron chi connectivity index (χ0n) is 17.1. The van der Waals surface area contributed by atoms with Crippen LogP contribution in [0.1, 0.15) is 44.7 Å². The molecule has 1 aromatic rings. The van der Waals surface area contributed by atoms with E-state index in [1.807, 2.05) is 36.9 Å². The molecule has 154 valence electrons. The Hall–Kier alpha value is -2.28. The summed E-state index contributed by atoms with van der Waals surface area (Å²) in [7, 11) is 1.80. The quantitative estimate of drug-likeness (QED) is 0.805. The van der Waals surface area contributed by atoms with Gasteiger partial charge < -0.3 is 19.7 Å². The van der Waals surface area contributed by atoms with Crippen molar-refractivity contribution in [2.24, 2.45) is 0 Å². The highest BCUT2D eigenvalue weighted by Gasteiger charge is 2.31. The van der Waals surface area contributed by atoms with Crippen molar-refractivity contribution in [2.75, 3.05) is 39.9 Å². The van der Waals surface area contributed by atoms with Crippen LogP contribution in [0.15, 0.2) is 18.2 Å². The molecule has 0 aliphatic carbocycles. The summed E-state index contributed by atoms with van der Waals surface area (Å²) in [6.07, 6.45) is 2.78. The molecule has 0 bridgehead atoms. The Morgan fingerprint density at radius 3 is 2.68 bits per heavy atom. The number of benzene rings is 1. The van der Waals surface area contributed by atoms with Crippen molar-refractivity contribution in [3.63, 3.8) is 0 Å². The predicted octanol–water partition coefficient (Wildman–Crippen LogP) is 1.97. The van der Waals surface area contributed by atoms with Crippen molar-refractivity contribution >= 4 is 11.8 Å². The van der Waals surface area contributed by atoms with Gasteiger partial charge in [0.15, 0.2) is 11.5 Å². The average molecular weight is 389 g/mol. The lowest BCUT2D eigenvalue weighted by Gasteiger charge is -2.28. The Bertz CT molecular complexity index is 707. The summed E-state index contributed by atoms with van der Waals surface area (Å²) < 4.78 is 11.5. The van der Waals surface area contributed by atoms with Crippen LogP contribution in [0.2, 0.25) is 0 Å². The van der Waals surface area contributed by atoms with E-state index in [0.29, 0.717) is 13.2 Å². The highest BCUT2D eigenvalue weighted by molar-refractivity contribution is 5.81. The summed E-state index contributed by atoms with van der Waals surface area (Å²) >= 11 is 0. The van der Waals surface area contributed by atoms with Crippen molar-refractivity contribution in [1.29, 1.82) is 0 Å². The number of amides is 2. The summed E-state index contributed by atoms with van der Waals surface area (Å²) in [5.41, 5.74) is 1.08. The minimum atomic E-state index is -0.0637. The Balaban J connectivity index is 1.63. The molecular weight excluding hydrogens is 358 g/mol. The normalized spacial score (nSPS) is 19.0. The molecular formula is C21H31N3O4. The van der Waals surface area contributed by atoms with E-state index < -0.39 is 0 Å². The van der Waals surface area contributed by atoms with Gasteiger partial charge in [-0.3, -0.25) is 14.5 Å². The Kier molecular flexibility index (Phi) is 6.78. The first kappa shape index (κ1) is 20.5. The van der Waals surface area contributed by atoms with Gasteiger partial charge in [-0.05, 0) is 51.4 Å². The van der Waals surface area contributed by atoms with Crippen molar-refractivity contribution in [3.05, 3.63) is 23.8 Å². The SMILES string of the molecule is CC(C)NC(=O)CN(C)CC(=O)N1CCC[C@@H]1c1ccc2c(c1)OCCCO2. The molecule has 1 N–H and O–H groups in total. The minimum absolute atomic E-state index is 0.0440. The molecule has 2 aliphatic rings. The predicted molar refractivity (Wildman–Crippen MR) is 107 cm³/mol. The van der Waals surface area contributed by atoms with E-state index in [1.54, 1.807) is 11.9 Å². The molecule has 7 heteroatoms. The topological polar surface area (TPSA) is 71.1 Å². The lowest BCUT2D eigenvalue weighted by Crippen LogP contribution is -2.43. The first-order valence-electron chi connectivity index (χ1n) is 10.1. The number of nitrogens with zero attached hydrogens (tertiary/aromatic N) is 2. The maximum absolute atomic E-state index is 12.9. The molecule has 2 amide bonds. The lowest BCUT2D eigenvalue weighted by molar-refractivity contribution is -0.133. The monoisotopic (exact) mass is 389 g/mol. The molecule has 28 heavy (non-hydrogen) atoms. The van der Waals surface area contributed by atoms with E-state index in [1.165, 1.54) is 0 Å². The number of ether oxygens (including phenoxy) is 2.